The smallest absolute Gasteiger partial charge is 0.404 e. The van der Waals surface area contributed by atoms with Crippen LogP contribution in [0.3, 0.4) is 0 Å². The summed E-state index contributed by atoms with van der Waals surface area (Å²) in [6, 6.07) is 1.05. The molecule has 0 spiro atoms. The molecule has 1 amide bonds. The summed E-state index contributed by atoms with van der Waals surface area (Å²) in [7, 11) is 3.57. The summed E-state index contributed by atoms with van der Waals surface area (Å²) in [5, 5.41) is 9.56. The van der Waals surface area contributed by atoms with E-state index < -0.39 is 15.4 Å². The highest BCUT2D eigenvalue weighted by molar-refractivity contribution is 6.44. The molecule has 0 fully saturated rings. The molecule has 0 aliphatic rings. The minimum Gasteiger partial charge on any atom is -0.465 e. The van der Waals surface area contributed by atoms with E-state index in [2.05, 4.69) is 6.92 Å². The number of hydrogen-bond acceptors (Lipinski definition) is 3. The fourth-order valence-corrected chi connectivity index (χ4v) is 1.29. The van der Waals surface area contributed by atoms with Gasteiger partial charge in [-0.15, -0.1) is 0 Å². The topological polar surface area (TPSA) is 67.8 Å². The summed E-state index contributed by atoms with van der Waals surface area (Å²) in [4.78, 5) is 9.26. The maximum Gasteiger partial charge on any atom is 0.404 e. The van der Waals surface area contributed by atoms with Crippen LogP contribution in [0.15, 0.2) is 0 Å². The quantitative estimate of drug-likeness (QED) is 0.640. The maximum absolute atomic E-state index is 9.26. The van der Waals surface area contributed by atoms with Crippen LogP contribution >= 0.6 is 0 Å². The summed E-state index contributed by atoms with van der Waals surface area (Å²) in [6.07, 6.45) is -0.995. The molecule has 74 valence electrons. The van der Waals surface area contributed by atoms with E-state index >= 15 is 0 Å². The van der Waals surface area contributed by atoms with E-state index in [1.165, 1.54) is 7.05 Å². The second kappa shape index (κ2) is 10.4. The van der Waals surface area contributed by atoms with Gasteiger partial charge in [-0.1, -0.05) is 6.92 Å². The van der Waals surface area contributed by atoms with Crippen molar-refractivity contribution in [2.24, 2.45) is 0 Å². The summed E-state index contributed by atoms with van der Waals surface area (Å²) in [5.74, 6) is 0. The molecule has 0 aliphatic carbocycles. The lowest BCUT2D eigenvalue weighted by molar-refractivity contribution is 0.197. The van der Waals surface area contributed by atoms with Crippen LogP contribution in [0, 0.1) is 0 Å². The van der Waals surface area contributed by atoms with Crippen LogP contribution < -0.4 is 5.32 Å². The molecule has 0 saturated carbocycles. The van der Waals surface area contributed by atoms with Gasteiger partial charge >= 0.3 is 15.4 Å². The van der Waals surface area contributed by atoms with Crippen molar-refractivity contribution in [1.82, 2.24) is 5.32 Å². The van der Waals surface area contributed by atoms with Crippen molar-refractivity contribution < 1.29 is 18.8 Å². The first-order valence-corrected chi connectivity index (χ1v) is 5.34. The van der Waals surface area contributed by atoms with Crippen LogP contribution in [-0.4, -0.2) is 41.8 Å². The zero-order valence-electron chi connectivity index (χ0n) is 7.96. The Morgan fingerprint density at radius 3 is 1.83 bits per heavy atom. The summed E-state index contributed by atoms with van der Waals surface area (Å²) >= 11 is 0. The highest BCUT2D eigenvalue weighted by atomic mass is 28.3. The molecule has 0 unspecified atom stereocenters. The van der Waals surface area contributed by atoms with Crippen LogP contribution in [0.25, 0.3) is 0 Å². The highest BCUT2D eigenvalue weighted by Gasteiger charge is 2.02. The molecule has 0 aromatic carbocycles. The fraction of sp³-hybridized carbons (Fsp3) is 0.833. The van der Waals surface area contributed by atoms with Gasteiger partial charge < -0.3 is 19.3 Å². The van der Waals surface area contributed by atoms with E-state index in [0.29, 0.717) is 0 Å². The number of nitrogens with one attached hydrogen (secondary N) is 1. The van der Waals surface area contributed by atoms with Gasteiger partial charge in [-0.25, -0.2) is 4.79 Å². The van der Waals surface area contributed by atoms with Crippen molar-refractivity contribution >= 4 is 15.4 Å². The number of carbonyl (C=O) groups is 1. The Labute approximate surface area is 74.5 Å². The molecule has 0 rings (SSSR count). The van der Waals surface area contributed by atoms with Crippen LogP contribution in [0.1, 0.15) is 6.92 Å². The van der Waals surface area contributed by atoms with E-state index in [9.17, 15) is 4.79 Å². The van der Waals surface area contributed by atoms with Gasteiger partial charge in [0.25, 0.3) is 0 Å². The van der Waals surface area contributed by atoms with Gasteiger partial charge in [-0.05, 0) is 6.04 Å². The van der Waals surface area contributed by atoms with Crippen molar-refractivity contribution in [3.05, 3.63) is 0 Å². The number of rotatable bonds is 3. The molecule has 0 atom stereocenters. The van der Waals surface area contributed by atoms with Gasteiger partial charge in [-0.3, -0.25) is 0 Å². The minimum absolute atomic E-state index is 0.995. The average molecular weight is 195 g/mol. The molecule has 0 radical (unpaired) electrons. The van der Waals surface area contributed by atoms with Crippen molar-refractivity contribution in [2.75, 3.05) is 21.3 Å². The molecular weight excluding hydrogens is 178 g/mol. The van der Waals surface area contributed by atoms with Gasteiger partial charge in [0.15, 0.2) is 0 Å². The van der Waals surface area contributed by atoms with Crippen LogP contribution in [0.2, 0.25) is 6.04 Å². The molecule has 12 heavy (non-hydrogen) atoms. The van der Waals surface area contributed by atoms with Crippen molar-refractivity contribution in [1.29, 1.82) is 0 Å². The molecule has 2 N–H and O–H groups in total. The monoisotopic (exact) mass is 195 g/mol. The molecule has 0 bridgehead atoms. The highest BCUT2D eigenvalue weighted by Crippen LogP contribution is 1.89. The maximum atomic E-state index is 9.26. The summed E-state index contributed by atoms with van der Waals surface area (Å²) < 4.78 is 9.93. The third kappa shape index (κ3) is 12.1. The molecule has 0 saturated heterocycles. The summed E-state index contributed by atoms with van der Waals surface area (Å²) in [5.41, 5.74) is 0. The van der Waals surface area contributed by atoms with E-state index in [0.717, 1.165) is 6.04 Å². The Kier molecular flexibility index (Phi) is 12.1. The average Bonchev–Trinajstić information content (AvgIpc) is 2.09. The Morgan fingerprint density at radius 1 is 1.50 bits per heavy atom. The fourth-order valence-electron chi connectivity index (χ4n) is 0.430. The van der Waals surface area contributed by atoms with Crippen molar-refractivity contribution in [3.63, 3.8) is 0 Å². The zero-order valence-corrected chi connectivity index (χ0v) is 9.11. The molecule has 0 aromatic rings. The Hall–Kier alpha value is -0.593. The lowest BCUT2D eigenvalue weighted by atomic mass is 11.0. The first-order valence-electron chi connectivity index (χ1n) is 3.58. The second-order valence-corrected chi connectivity index (χ2v) is 4.48. The van der Waals surface area contributed by atoms with Crippen LogP contribution in [0.5, 0.6) is 0 Å². The third-order valence-corrected chi connectivity index (χ3v) is 2.79. The Morgan fingerprint density at radius 2 is 1.83 bits per heavy atom. The zero-order chi connectivity index (χ0) is 9.98. The lowest BCUT2D eigenvalue weighted by Crippen LogP contribution is -2.16. The SMILES string of the molecule is CC[SiH](OC)OC.CNC(=O)O. The normalized spacial score (nSPS) is 8.75. The van der Waals surface area contributed by atoms with Gasteiger partial charge in [0.2, 0.25) is 0 Å². The number of carboxylic acid groups (broad SMARTS) is 1. The standard InChI is InChI=1S/C4H12O2Si.C2H5NO2/c1-4-7(5-2)6-3;1-3-2(4)5/h7H,4H2,1-3H3;3H,1H3,(H,4,5). The van der Waals surface area contributed by atoms with E-state index in [1.54, 1.807) is 14.2 Å². The predicted molar refractivity (Wildman–Crippen MR) is 48.7 cm³/mol. The van der Waals surface area contributed by atoms with Gasteiger partial charge in [0, 0.05) is 21.3 Å². The Balaban J connectivity index is 0. The molecule has 0 aliphatic heterocycles. The Bertz CT molecular complexity index is 102. The van der Waals surface area contributed by atoms with Gasteiger partial charge in [0.1, 0.15) is 0 Å². The lowest BCUT2D eigenvalue weighted by Gasteiger charge is -2.05. The van der Waals surface area contributed by atoms with Crippen LogP contribution in [-0.2, 0) is 8.85 Å². The second-order valence-electron chi connectivity index (χ2n) is 1.86. The van der Waals surface area contributed by atoms with Crippen LogP contribution in [0.4, 0.5) is 4.79 Å². The van der Waals surface area contributed by atoms with Crippen molar-refractivity contribution in [2.45, 2.75) is 13.0 Å². The largest absolute Gasteiger partial charge is 0.465 e. The molecule has 5 nitrogen and oxygen atoms in total. The molecule has 0 aromatic heterocycles. The third-order valence-electron chi connectivity index (χ3n) is 1.07. The number of amides is 1. The van der Waals surface area contributed by atoms with E-state index in [1.807, 2.05) is 5.32 Å². The minimum atomic E-state index is -1.17. The summed E-state index contributed by atoms with van der Waals surface area (Å²) in [6.45, 7) is 2.07. The van der Waals surface area contributed by atoms with E-state index in [4.69, 9.17) is 14.0 Å². The van der Waals surface area contributed by atoms with Gasteiger partial charge in [-0.2, -0.15) is 0 Å². The number of hydrogen-bond donors (Lipinski definition) is 2. The first-order chi connectivity index (χ1) is 5.62. The molecule has 0 heterocycles. The molecular formula is C6H17NO4Si. The van der Waals surface area contributed by atoms with Gasteiger partial charge in [0.05, 0.1) is 0 Å². The first kappa shape index (κ1) is 14.0. The van der Waals surface area contributed by atoms with Crippen molar-refractivity contribution in [3.8, 4) is 0 Å². The van der Waals surface area contributed by atoms with E-state index in [-0.39, 0.29) is 0 Å². The predicted octanol–water partition coefficient (Wildman–Crippen LogP) is 0.403. The molecule has 6 heteroatoms.